The number of Topliss-reactive ketones (excluding diaryl/α,β-unsaturated/α-hetero) is 1. The number of carbonyl (C=O) groups excluding carboxylic acids is 2. The van der Waals surface area contributed by atoms with E-state index in [0.717, 1.165) is 0 Å². The number of fused-ring (bicyclic) bond motifs is 3. The van der Waals surface area contributed by atoms with Gasteiger partial charge in [0.05, 0.1) is 21.8 Å². The van der Waals surface area contributed by atoms with Crippen LogP contribution >= 0.6 is 0 Å². The van der Waals surface area contributed by atoms with Crippen LogP contribution in [0.15, 0.2) is 70.0 Å². The second-order valence-electron chi connectivity index (χ2n) is 8.72. The van der Waals surface area contributed by atoms with Crippen LogP contribution in [0.3, 0.4) is 0 Å². The maximum absolute atomic E-state index is 13.7. The number of ketones is 1. The molecule has 5 aromatic rings. The fourth-order valence-electron chi connectivity index (χ4n) is 5.10. The van der Waals surface area contributed by atoms with E-state index in [-0.39, 0.29) is 16.6 Å². The van der Waals surface area contributed by atoms with E-state index in [1.165, 1.54) is 17.9 Å². The van der Waals surface area contributed by atoms with Crippen LogP contribution in [0, 0.1) is 6.92 Å². The number of hydrogen-bond donors (Lipinski definition) is 1. The Bertz CT molecular complexity index is 1870. The number of hydrogen-bond acceptors (Lipinski definition) is 5. The molecule has 0 radical (unpaired) electrons. The van der Waals surface area contributed by atoms with Crippen molar-refractivity contribution in [1.29, 1.82) is 0 Å². The molecule has 1 aliphatic rings. The number of aryl methyl sites for hydroxylation is 1. The number of furan rings is 1. The van der Waals surface area contributed by atoms with E-state index in [1.807, 2.05) is 18.2 Å². The van der Waals surface area contributed by atoms with Gasteiger partial charge >= 0.3 is 0 Å². The molecular formula is C27H20N2O5S. The Morgan fingerprint density at radius 3 is 2.40 bits per heavy atom. The van der Waals surface area contributed by atoms with E-state index in [9.17, 15) is 18.0 Å². The molecule has 0 fully saturated rings. The largest absolute Gasteiger partial charge is 0.460 e. The third kappa shape index (κ3) is 2.93. The van der Waals surface area contributed by atoms with Gasteiger partial charge in [-0.2, -0.15) is 0 Å². The first-order valence-electron chi connectivity index (χ1n) is 11.0. The van der Waals surface area contributed by atoms with E-state index in [4.69, 9.17) is 4.42 Å². The summed E-state index contributed by atoms with van der Waals surface area (Å²) in [4.78, 5) is 26.5. The van der Waals surface area contributed by atoms with Crippen molar-refractivity contribution in [3.63, 3.8) is 0 Å². The number of sulfonamides is 1. The predicted octanol–water partition coefficient (Wildman–Crippen LogP) is 5.64. The lowest BCUT2D eigenvalue weighted by atomic mass is 10.0. The summed E-state index contributed by atoms with van der Waals surface area (Å²) in [6.45, 7) is 3.18. The third-order valence-corrected chi connectivity index (χ3v) is 8.06. The van der Waals surface area contributed by atoms with Crippen molar-refractivity contribution in [3.05, 3.63) is 77.6 Å². The van der Waals surface area contributed by atoms with Gasteiger partial charge in [-0.1, -0.05) is 36.4 Å². The maximum atomic E-state index is 13.7. The lowest BCUT2D eigenvalue weighted by Gasteiger charge is -2.15. The molecule has 8 heteroatoms. The van der Waals surface area contributed by atoms with Gasteiger partial charge < -0.3 is 9.32 Å². The Morgan fingerprint density at radius 2 is 1.66 bits per heavy atom. The van der Waals surface area contributed by atoms with Crippen LogP contribution in [0.2, 0.25) is 0 Å². The van der Waals surface area contributed by atoms with E-state index in [2.05, 4.69) is 4.72 Å². The van der Waals surface area contributed by atoms with Crippen LogP contribution < -0.4 is 9.62 Å². The van der Waals surface area contributed by atoms with Crippen LogP contribution in [0.5, 0.6) is 0 Å². The molecule has 1 aliphatic heterocycles. The van der Waals surface area contributed by atoms with Crippen molar-refractivity contribution in [2.45, 2.75) is 18.7 Å². The van der Waals surface area contributed by atoms with Crippen molar-refractivity contribution in [2.24, 2.45) is 0 Å². The molecule has 0 unspecified atom stereocenters. The molecule has 35 heavy (non-hydrogen) atoms. The average Bonchev–Trinajstić information content (AvgIpc) is 3.29. The van der Waals surface area contributed by atoms with E-state index in [0.29, 0.717) is 60.8 Å². The van der Waals surface area contributed by atoms with Crippen LogP contribution in [0.4, 0.5) is 11.4 Å². The van der Waals surface area contributed by atoms with Crippen molar-refractivity contribution < 1.29 is 22.4 Å². The van der Waals surface area contributed by atoms with Crippen molar-refractivity contribution in [3.8, 4) is 0 Å². The summed E-state index contributed by atoms with van der Waals surface area (Å²) in [5.74, 6) is 0.155. The SMILES string of the molecule is CC(=O)c1c(C)oc2c1cc(NS(=O)(=O)c1ccc3c4c(cccc14)C(=O)N3C)c1ccccc12. The zero-order valence-corrected chi connectivity index (χ0v) is 20.0. The smallest absolute Gasteiger partial charge is 0.262 e. The van der Waals surface area contributed by atoms with Gasteiger partial charge in [-0.25, -0.2) is 8.42 Å². The molecule has 7 nitrogen and oxygen atoms in total. The Kier molecular flexibility index (Phi) is 4.37. The molecule has 0 bridgehead atoms. The maximum Gasteiger partial charge on any atom is 0.262 e. The van der Waals surface area contributed by atoms with Gasteiger partial charge in [-0.15, -0.1) is 0 Å². The minimum atomic E-state index is -4.06. The Morgan fingerprint density at radius 1 is 0.943 bits per heavy atom. The second kappa shape index (κ2) is 7.16. The van der Waals surface area contributed by atoms with Gasteiger partial charge in [-0.05, 0) is 38.1 Å². The average molecular weight is 485 g/mol. The topological polar surface area (TPSA) is 96.7 Å². The Hall–Kier alpha value is -4.17. The van der Waals surface area contributed by atoms with Crippen LogP contribution in [-0.2, 0) is 10.0 Å². The first-order chi connectivity index (χ1) is 16.7. The quantitative estimate of drug-likeness (QED) is 0.333. The highest BCUT2D eigenvalue weighted by Gasteiger charge is 2.30. The lowest BCUT2D eigenvalue weighted by Crippen LogP contribution is -2.20. The molecule has 6 rings (SSSR count). The van der Waals surface area contributed by atoms with Crippen molar-refractivity contribution >= 4 is 65.6 Å². The molecule has 0 saturated carbocycles. The van der Waals surface area contributed by atoms with Crippen molar-refractivity contribution in [1.82, 2.24) is 0 Å². The number of nitrogens with zero attached hydrogens (tertiary/aromatic N) is 1. The Labute approximate surface area is 201 Å². The van der Waals surface area contributed by atoms with Gasteiger partial charge in [0.2, 0.25) is 0 Å². The zero-order valence-electron chi connectivity index (χ0n) is 19.2. The number of anilines is 2. The molecule has 174 valence electrons. The highest BCUT2D eigenvalue weighted by molar-refractivity contribution is 7.93. The summed E-state index contributed by atoms with van der Waals surface area (Å²) in [5, 5.41) is 2.99. The van der Waals surface area contributed by atoms with Gasteiger partial charge in [-0.3, -0.25) is 14.3 Å². The Balaban J connectivity index is 1.58. The normalized spacial score (nSPS) is 13.3. The van der Waals surface area contributed by atoms with Crippen LogP contribution in [-0.4, -0.2) is 27.2 Å². The highest BCUT2D eigenvalue weighted by Crippen LogP contribution is 2.41. The molecule has 4 aromatic carbocycles. The molecule has 1 N–H and O–H groups in total. The van der Waals surface area contributed by atoms with Crippen LogP contribution in [0.1, 0.15) is 33.4 Å². The van der Waals surface area contributed by atoms with Gasteiger partial charge in [0.1, 0.15) is 11.3 Å². The summed E-state index contributed by atoms with van der Waals surface area (Å²) >= 11 is 0. The summed E-state index contributed by atoms with van der Waals surface area (Å²) in [6, 6.07) is 17.2. The molecule has 0 atom stereocenters. The van der Waals surface area contributed by atoms with Gasteiger partial charge in [0.15, 0.2) is 5.78 Å². The molecule has 1 amide bonds. The molecule has 0 aliphatic carbocycles. The number of rotatable bonds is 4. The minimum absolute atomic E-state index is 0.0699. The number of carbonyl (C=O) groups is 2. The molecule has 2 heterocycles. The van der Waals surface area contributed by atoms with Gasteiger partial charge in [0.25, 0.3) is 15.9 Å². The predicted molar refractivity (Wildman–Crippen MR) is 136 cm³/mol. The summed E-state index contributed by atoms with van der Waals surface area (Å²) in [6.07, 6.45) is 0. The first-order valence-corrected chi connectivity index (χ1v) is 12.5. The van der Waals surface area contributed by atoms with E-state index < -0.39 is 10.0 Å². The van der Waals surface area contributed by atoms with Crippen molar-refractivity contribution in [2.75, 3.05) is 16.7 Å². The number of amides is 1. The fraction of sp³-hybridized carbons (Fsp3) is 0.111. The first kappa shape index (κ1) is 21.4. The van der Waals surface area contributed by atoms with E-state index in [1.54, 1.807) is 50.4 Å². The molecule has 0 saturated heterocycles. The molecule has 0 spiro atoms. The standard InChI is InChI=1S/C27H20N2O5S/c1-14(30)24-15(2)34-26-17-8-5-4-7-16(17)21(13-20(24)26)28-35(32,33)23-12-11-22-25-18(23)9-6-10-19(25)27(31)29(22)3/h4-13,28H,1-3H3. The zero-order chi connectivity index (χ0) is 24.6. The molecule has 1 aromatic heterocycles. The summed E-state index contributed by atoms with van der Waals surface area (Å²) < 4.78 is 36.1. The number of benzene rings is 4. The second-order valence-corrected chi connectivity index (χ2v) is 10.4. The molecular weight excluding hydrogens is 464 g/mol. The summed E-state index contributed by atoms with van der Waals surface area (Å²) in [7, 11) is -2.39. The highest BCUT2D eigenvalue weighted by atomic mass is 32.2. The number of nitrogens with one attached hydrogen (secondary N) is 1. The van der Waals surface area contributed by atoms with Crippen LogP contribution in [0.25, 0.3) is 32.5 Å². The summed E-state index contributed by atoms with van der Waals surface area (Å²) in [5.41, 5.74) is 2.46. The van der Waals surface area contributed by atoms with Gasteiger partial charge in [0, 0.05) is 39.5 Å². The fourth-order valence-corrected chi connectivity index (χ4v) is 6.38. The monoisotopic (exact) mass is 484 g/mol. The minimum Gasteiger partial charge on any atom is -0.460 e. The lowest BCUT2D eigenvalue weighted by molar-refractivity contribution is 0.0995. The van der Waals surface area contributed by atoms with E-state index >= 15 is 0 Å². The third-order valence-electron chi connectivity index (χ3n) is 6.63.